The van der Waals surface area contributed by atoms with Crippen molar-refractivity contribution in [1.82, 2.24) is 19.7 Å². The van der Waals surface area contributed by atoms with Gasteiger partial charge >= 0.3 is 0 Å². The molecule has 0 saturated heterocycles. The van der Waals surface area contributed by atoms with Gasteiger partial charge in [0, 0.05) is 49.1 Å². The molecule has 0 aromatic carbocycles. The van der Waals surface area contributed by atoms with Gasteiger partial charge < -0.3 is 20.1 Å². The Morgan fingerprint density at radius 2 is 2.10 bits per heavy atom. The van der Waals surface area contributed by atoms with Crippen molar-refractivity contribution in [3.05, 3.63) is 58.3 Å². The summed E-state index contributed by atoms with van der Waals surface area (Å²) in [5, 5.41) is 11.7. The van der Waals surface area contributed by atoms with E-state index in [1.54, 1.807) is 25.4 Å². The van der Waals surface area contributed by atoms with Crippen LogP contribution in [0.1, 0.15) is 35.2 Å². The third kappa shape index (κ3) is 4.36. The summed E-state index contributed by atoms with van der Waals surface area (Å²) >= 11 is 0. The number of hydrogen-bond acceptors (Lipinski definition) is 7. The molecule has 1 amide bonds. The Bertz CT molecular complexity index is 1160. The van der Waals surface area contributed by atoms with E-state index in [4.69, 9.17) is 9.84 Å². The maximum atomic E-state index is 12.4. The maximum absolute atomic E-state index is 12.4. The molecule has 0 fully saturated rings. The number of hydrogen-bond donors (Lipinski definition) is 2. The van der Waals surface area contributed by atoms with E-state index in [0.717, 1.165) is 24.9 Å². The molecule has 1 aliphatic heterocycles. The molecule has 3 aromatic rings. The number of aryl methyl sites for hydroxylation is 1. The van der Waals surface area contributed by atoms with Crippen LogP contribution < -0.4 is 20.5 Å². The molecule has 0 aliphatic carbocycles. The second-order valence-electron chi connectivity index (χ2n) is 7.45. The molecule has 162 valence electrons. The topological polar surface area (TPSA) is 109 Å². The number of carbonyl (C=O) groups excluding carboxylic acids is 1. The first-order valence-corrected chi connectivity index (χ1v) is 10.4. The average Bonchev–Trinajstić information content (AvgIpc) is 2.80. The molecule has 9 heteroatoms. The van der Waals surface area contributed by atoms with Gasteiger partial charge in [0.25, 0.3) is 11.5 Å². The number of anilines is 2. The first-order chi connectivity index (χ1) is 15.1. The summed E-state index contributed by atoms with van der Waals surface area (Å²) in [6.45, 7) is 3.48. The Morgan fingerprint density at radius 3 is 2.94 bits per heavy atom. The molecule has 1 aliphatic rings. The summed E-state index contributed by atoms with van der Waals surface area (Å²) in [4.78, 5) is 35.5. The Morgan fingerprint density at radius 1 is 1.23 bits per heavy atom. The Balaban J connectivity index is 1.55. The molecule has 2 N–H and O–H groups in total. The predicted octanol–water partition coefficient (Wildman–Crippen LogP) is 1.82. The molecule has 31 heavy (non-hydrogen) atoms. The second-order valence-corrected chi connectivity index (χ2v) is 7.45. The van der Waals surface area contributed by atoms with Gasteiger partial charge in [-0.15, -0.1) is 0 Å². The minimum Gasteiger partial charge on any atom is -0.488 e. The molecule has 3 aromatic heterocycles. The lowest BCUT2D eigenvalue weighted by Gasteiger charge is -2.30. The Hall–Kier alpha value is -3.46. The first-order valence-electron chi connectivity index (χ1n) is 10.4. The third-order valence-electron chi connectivity index (χ3n) is 5.22. The van der Waals surface area contributed by atoms with E-state index in [-0.39, 0.29) is 18.1 Å². The number of fused-ring (bicyclic) bond motifs is 2. The number of carbonyl (C=O) groups is 1. The van der Waals surface area contributed by atoms with E-state index in [0.29, 0.717) is 48.0 Å². The van der Waals surface area contributed by atoms with Gasteiger partial charge in [-0.1, -0.05) is 0 Å². The zero-order chi connectivity index (χ0) is 21.8. The fourth-order valence-electron chi connectivity index (χ4n) is 3.52. The van der Waals surface area contributed by atoms with Crippen molar-refractivity contribution in [2.75, 3.05) is 31.2 Å². The van der Waals surface area contributed by atoms with Crippen LogP contribution in [0.25, 0.3) is 5.65 Å². The van der Waals surface area contributed by atoms with Crippen molar-refractivity contribution >= 4 is 23.1 Å². The molecule has 9 nitrogen and oxygen atoms in total. The molecule has 0 unspecified atom stereocenters. The Labute approximate surface area is 179 Å². The number of nitrogens with one attached hydrogen (secondary N) is 1. The molecular weight excluding hydrogens is 398 g/mol. The molecule has 4 rings (SSSR count). The van der Waals surface area contributed by atoms with Crippen LogP contribution in [0, 0.1) is 6.92 Å². The number of amides is 1. The van der Waals surface area contributed by atoms with Crippen LogP contribution >= 0.6 is 0 Å². The van der Waals surface area contributed by atoms with Crippen LogP contribution in [0.4, 0.5) is 11.5 Å². The van der Waals surface area contributed by atoms with Crippen molar-refractivity contribution in [2.24, 2.45) is 0 Å². The molecule has 0 bridgehead atoms. The molecule has 0 atom stereocenters. The number of aromatic nitrogens is 3. The van der Waals surface area contributed by atoms with Crippen LogP contribution in [0.15, 0.2) is 41.6 Å². The minimum absolute atomic E-state index is 0.0935. The van der Waals surface area contributed by atoms with Crippen LogP contribution in [-0.4, -0.2) is 51.7 Å². The van der Waals surface area contributed by atoms with Crippen LogP contribution in [0.2, 0.25) is 0 Å². The zero-order valence-electron chi connectivity index (χ0n) is 17.4. The van der Waals surface area contributed by atoms with Gasteiger partial charge in [0.2, 0.25) is 0 Å². The zero-order valence-corrected chi connectivity index (χ0v) is 17.4. The molecular formula is C22H25N5O4. The van der Waals surface area contributed by atoms with Crippen molar-refractivity contribution < 1.29 is 14.6 Å². The molecule has 0 spiro atoms. The highest BCUT2D eigenvalue weighted by atomic mass is 16.5. The number of pyridine rings is 2. The highest BCUT2D eigenvalue weighted by molar-refractivity contribution is 5.94. The highest BCUT2D eigenvalue weighted by Crippen LogP contribution is 2.35. The molecule has 4 heterocycles. The van der Waals surface area contributed by atoms with E-state index in [1.165, 1.54) is 10.6 Å². The number of aliphatic hydroxyl groups is 1. The van der Waals surface area contributed by atoms with Gasteiger partial charge in [0.1, 0.15) is 12.3 Å². The van der Waals surface area contributed by atoms with Crippen molar-refractivity contribution in [3.63, 3.8) is 0 Å². The fourth-order valence-corrected chi connectivity index (χ4v) is 3.52. The highest BCUT2D eigenvalue weighted by Gasteiger charge is 2.23. The van der Waals surface area contributed by atoms with Gasteiger partial charge in [0.15, 0.2) is 11.6 Å². The first kappa shape index (κ1) is 20.8. The largest absolute Gasteiger partial charge is 0.488 e. The quantitative estimate of drug-likeness (QED) is 0.558. The van der Waals surface area contributed by atoms with E-state index in [2.05, 4.69) is 15.3 Å². The van der Waals surface area contributed by atoms with E-state index in [9.17, 15) is 9.59 Å². The fraction of sp³-hybridized carbons (Fsp3) is 0.364. The normalized spacial score (nSPS) is 13.0. The number of nitrogens with zero attached hydrogens (tertiary/aromatic N) is 4. The maximum Gasteiger partial charge on any atom is 0.260 e. The van der Waals surface area contributed by atoms with E-state index < -0.39 is 0 Å². The summed E-state index contributed by atoms with van der Waals surface area (Å²) in [5.74, 6) is 0.947. The van der Waals surface area contributed by atoms with Gasteiger partial charge in [-0.2, -0.15) is 0 Å². The van der Waals surface area contributed by atoms with E-state index >= 15 is 0 Å². The SMILES string of the molecule is Cc1cnc2cc(N3CCOc4cc(C(=O)NCCCCCO)cnc43)ccn2c1=O. The summed E-state index contributed by atoms with van der Waals surface area (Å²) < 4.78 is 7.28. The van der Waals surface area contributed by atoms with E-state index in [1.807, 2.05) is 17.0 Å². The number of ether oxygens (including phenoxy) is 1. The van der Waals surface area contributed by atoms with Crippen molar-refractivity contribution in [1.29, 1.82) is 0 Å². The monoisotopic (exact) mass is 423 g/mol. The van der Waals surface area contributed by atoms with Crippen LogP contribution in [0.3, 0.4) is 0 Å². The third-order valence-corrected chi connectivity index (χ3v) is 5.22. The lowest BCUT2D eigenvalue weighted by Crippen LogP contribution is -2.31. The molecule has 0 radical (unpaired) electrons. The van der Waals surface area contributed by atoms with Crippen LogP contribution in [0.5, 0.6) is 5.75 Å². The minimum atomic E-state index is -0.204. The lowest BCUT2D eigenvalue weighted by atomic mass is 10.2. The van der Waals surface area contributed by atoms with Crippen LogP contribution in [-0.2, 0) is 0 Å². The summed E-state index contributed by atoms with van der Waals surface area (Å²) in [6, 6.07) is 5.38. The van der Waals surface area contributed by atoms with Gasteiger partial charge in [-0.05, 0) is 38.3 Å². The Kier molecular flexibility index (Phi) is 6.13. The number of rotatable bonds is 7. The van der Waals surface area contributed by atoms with Crippen molar-refractivity contribution in [3.8, 4) is 5.75 Å². The average molecular weight is 423 g/mol. The number of unbranched alkanes of at least 4 members (excludes halogenated alkanes) is 2. The molecule has 0 saturated carbocycles. The smallest absolute Gasteiger partial charge is 0.260 e. The van der Waals surface area contributed by atoms with Gasteiger partial charge in [0.05, 0.1) is 12.1 Å². The van der Waals surface area contributed by atoms with Crippen molar-refractivity contribution in [2.45, 2.75) is 26.2 Å². The summed E-state index contributed by atoms with van der Waals surface area (Å²) in [6.07, 6.45) is 7.23. The van der Waals surface area contributed by atoms with Gasteiger partial charge in [-0.25, -0.2) is 9.97 Å². The van der Waals surface area contributed by atoms with Gasteiger partial charge in [-0.3, -0.25) is 14.0 Å². The predicted molar refractivity (Wildman–Crippen MR) is 116 cm³/mol. The standard InChI is InChI=1S/C22H25N5O4/c1-15-13-24-19-12-17(5-7-27(19)22(15)30)26-8-10-31-18-11-16(14-25-20(18)26)21(29)23-6-3-2-4-9-28/h5,7,11-14,28H,2-4,6,8-10H2,1H3,(H,23,29). The summed E-state index contributed by atoms with van der Waals surface area (Å²) in [7, 11) is 0. The lowest BCUT2D eigenvalue weighted by molar-refractivity contribution is 0.0952. The summed E-state index contributed by atoms with van der Waals surface area (Å²) in [5.41, 5.74) is 2.32. The number of aliphatic hydroxyl groups excluding tert-OH is 1. The second kappa shape index (κ2) is 9.13.